The molecule has 1 N–H and O–H groups in total. The first-order valence-corrected chi connectivity index (χ1v) is 7.45. The van der Waals surface area contributed by atoms with Crippen molar-refractivity contribution in [1.29, 1.82) is 0 Å². The highest BCUT2D eigenvalue weighted by Crippen LogP contribution is 2.34. The molecule has 3 nitrogen and oxygen atoms in total. The SMILES string of the molecule is C=CCc1cc(CO)cc(OCC)c1OCc1ccccc1. The average molecular weight is 298 g/mol. The minimum atomic E-state index is -0.0246. The first kappa shape index (κ1) is 16.1. The fraction of sp³-hybridized carbons (Fsp3) is 0.263. The minimum absolute atomic E-state index is 0.0246. The van der Waals surface area contributed by atoms with Crippen molar-refractivity contribution in [3.05, 3.63) is 71.8 Å². The Hall–Kier alpha value is -2.26. The van der Waals surface area contributed by atoms with Crippen LogP contribution < -0.4 is 9.47 Å². The van der Waals surface area contributed by atoms with Crippen molar-refractivity contribution in [3.8, 4) is 11.5 Å². The summed E-state index contributed by atoms with van der Waals surface area (Å²) >= 11 is 0. The topological polar surface area (TPSA) is 38.7 Å². The third-order valence-electron chi connectivity index (χ3n) is 3.26. The van der Waals surface area contributed by atoms with Crippen LogP contribution in [-0.4, -0.2) is 11.7 Å². The molecule has 0 unspecified atom stereocenters. The molecule has 0 saturated heterocycles. The number of hydrogen-bond donors (Lipinski definition) is 1. The van der Waals surface area contributed by atoms with E-state index in [-0.39, 0.29) is 6.61 Å². The van der Waals surface area contributed by atoms with Crippen LogP contribution in [0.4, 0.5) is 0 Å². The number of rotatable bonds is 8. The van der Waals surface area contributed by atoms with Crippen molar-refractivity contribution in [1.82, 2.24) is 0 Å². The average Bonchev–Trinajstić information content (AvgIpc) is 2.55. The van der Waals surface area contributed by atoms with Crippen molar-refractivity contribution in [2.45, 2.75) is 26.6 Å². The molecule has 2 aromatic rings. The zero-order valence-electron chi connectivity index (χ0n) is 12.9. The Morgan fingerprint density at radius 3 is 2.50 bits per heavy atom. The summed E-state index contributed by atoms with van der Waals surface area (Å²) in [6.45, 7) is 6.71. The summed E-state index contributed by atoms with van der Waals surface area (Å²) in [4.78, 5) is 0. The third-order valence-corrected chi connectivity index (χ3v) is 3.26. The monoisotopic (exact) mass is 298 g/mol. The third kappa shape index (κ3) is 4.12. The van der Waals surface area contributed by atoms with Crippen molar-refractivity contribution < 1.29 is 14.6 Å². The van der Waals surface area contributed by atoms with Crippen molar-refractivity contribution in [3.63, 3.8) is 0 Å². The predicted octanol–water partition coefficient (Wildman–Crippen LogP) is 3.89. The number of aliphatic hydroxyl groups is 1. The number of aliphatic hydroxyl groups excluding tert-OH is 1. The van der Waals surface area contributed by atoms with Crippen LogP contribution in [0.1, 0.15) is 23.6 Å². The Kier molecular flexibility index (Phi) is 6.04. The molecule has 0 spiro atoms. The highest BCUT2D eigenvalue weighted by molar-refractivity contribution is 5.50. The number of benzene rings is 2. The standard InChI is InChI=1S/C19H22O3/c1-3-8-17-11-16(13-20)12-18(21-4-2)19(17)22-14-15-9-6-5-7-10-15/h3,5-7,9-12,20H,1,4,8,13-14H2,2H3. The highest BCUT2D eigenvalue weighted by Gasteiger charge is 2.13. The van der Waals surface area contributed by atoms with Crippen LogP contribution in [0, 0.1) is 0 Å². The van der Waals surface area contributed by atoms with E-state index in [4.69, 9.17) is 9.47 Å². The van der Waals surface area contributed by atoms with Crippen LogP contribution in [0.15, 0.2) is 55.1 Å². The quantitative estimate of drug-likeness (QED) is 0.752. The van der Waals surface area contributed by atoms with Crippen LogP contribution in [0.3, 0.4) is 0 Å². The van der Waals surface area contributed by atoms with E-state index in [0.717, 1.165) is 22.4 Å². The zero-order valence-corrected chi connectivity index (χ0v) is 12.9. The molecule has 0 aliphatic rings. The van der Waals surface area contributed by atoms with Gasteiger partial charge in [0.2, 0.25) is 0 Å². The van der Waals surface area contributed by atoms with Gasteiger partial charge in [-0.15, -0.1) is 6.58 Å². The molecule has 0 fully saturated rings. The van der Waals surface area contributed by atoms with Gasteiger partial charge in [-0.1, -0.05) is 36.4 Å². The molecular weight excluding hydrogens is 276 g/mol. The summed E-state index contributed by atoms with van der Waals surface area (Å²) in [6.07, 6.45) is 2.49. The summed E-state index contributed by atoms with van der Waals surface area (Å²) in [7, 11) is 0. The molecule has 22 heavy (non-hydrogen) atoms. The van der Waals surface area contributed by atoms with Crippen LogP contribution in [-0.2, 0) is 19.6 Å². The van der Waals surface area contributed by atoms with Crippen LogP contribution >= 0.6 is 0 Å². The molecule has 0 radical (unpaired) electrons. The Morgan fingerprint density at radius 2 is 1.86 bits per heavy atom. The van der Waals surface area contributed by atoms with E-state index in [1.54, 1.807) is 0 Å². The summed E-state index contributed by atoms with van der Waals surface area (Å²) in [5.74, 6) is 1.39. The van der Waals surface area contributed by atoms with E-state index in [1.165, 1.54) is 0 Å². The molecule has 0 aromatic heterocycles. The van der Waals surface area contributed by atoms with Gasteiger partial charge in [0.15, 0.2) is 11.5 Å². The van der Waals surface area contributed by atoms with Gasteiger partial charge >= 0.3 is 0 Å². The molecule has 0 saturated carbocycles. The molecule has 2 rings (SSSR count). The second kappa shape index (κ2) is 8.25. The lowest BCUT2D eigenvalue weighted by Crippen LogP contribution is -2.04. The second-order valence-electron chi connectivity index (χ2n) is 4.94. The van der Waals surface area contributed by atoms with Crippen molar-refractivity contribution >= 4 is 0 Å². The first-order valence-electron chi connectivity index (χ1n) is 7.45. The van der Waals surface area contributed by atoms with Crippen LogP contribution in [0.5, 0.6) is 11.5 Å². The van der Waals surface area contributed by atoms with Crippen LogP contribution in [0.25, 0.3) is 0 Å². The Balaban J connectivity index is 2.30. The maximum absolute atomic E-state index is 9.40. The van der Waals surface area contributed by atoms with Gasteiger partial charge in [-0.05, 0) is 36.6 Å². The first-order chi connectivity index (χ1) is 10.8. The Labute approximate surface area is 131 Å². The molecule has 0 amide bonds. The summed E-state index contributed by atoms with van der Waals surface area (Å²) in [5, 5.41) is 9.40. The summed E-state index contributed by atoms with van der Waals surface area (Å²) in [6, 6.07) is 13.8. The molecule has 2 aromatic carbocycles. The van der Waals surface area contributed by atoms with Gasteiger partial charge in [-0.2, -0.15) is 0 Å². The Bertz CT molecular complexity index is 606. The lowest BCUT2D eigenvalue weighted by molar-refractivity contribution is 0.261. The molecule has 0 aliphatic heterocycles. The molecular formula is C19H22O3. The van der Waals surface area contributed by atoms with E-state index < -0.39 is 0 Å². The molecule has 0 atom stereocenters. The van der Waals surface area contributed by atoms with Gasteiger partial charge in [-0.25, -0.2) is 0 Å². The lowest BCUT2D eigenvalue weighted by Gasteiger charge is -2.17. The summed E-state index contributed by atoms with van der Waals surface area (Å²) in [5.41, 5.74) is 2.88. The molecule has 0 bridgehead atoms. The van der Waals surface area contributed by atoms with E-state index in [1.807, 2.05) is 55.5 Å². The summed E-state index contributed by atoms with van der Waals surface area (Å²) < 4.78 is 11.7. The fourth-order valence-electron chi connectivity index (χ4n) is 2.28. The minimum Gasteiger partial charge on any atom is -0.490 e. The van der Waals surface area contributed by atoms with E-state index in [9.17, 15) is 5.11 Å². The molecule has 116 valence electrons. The maximum Gasteiger partial charge on any atom is 0.165 e. The van der Waals surface area contributed by atoms with E-state index in [0.29, 0.717) is 25.4 Å². The maximum atomic E-state index is 9.40. The highest BCUT2D eigenvalue weighted by atomic mass is 16.5. The van der Waals surface area contributed by atoms with Gasteiger partial charge in [0.05, 0.1) is 13.2 Å². The molecule has 3 heteroatoms. The second-order valence-corrected chi connectivity index (χ2v) is 4.94. The largest absolute Gasteiger partial charge is 0.490 e. The smallest absolute Gasteiger partial charge is 0.165 e. The normalized spacial score (nSPS) is 10.3. The zero-order chi connectivity index (χ0) is 15.8. The van der Waals surface area contributed by atoms with Gasteiger partial charge in [0.25, 0.3) is 0 Å². The van der Waals surface area contributed by atoms with Crippen molar-refractivity contribution in [2.24, 2.45) is 0 Å². The van der Waals surface area contributed by atoms with Crippen LogP contribution in [0.2, 0.25) is 0 Å². The molecule has 0 aliphatic carbocycles. The van der Waals surface area contributed by atoms with E-state index >= 15 is 0 Å². The van der Waals surface area contributed by atoms with Crippen molar-refractivity contribution in [2.75, 3.05) is 6.61 Å². The van der Waals surface area contributed by atoms with Gasteiger partial charge in [0.1, 0.15) is 6.61 Å². The molecule has 0 heterocycles. The number of allylic oxidation sites excluding steroid dienone is 1. The number of ether oxygens (including phenoxy) is 2. The fourth-order valence-corrected chi connectivity index (χ4v) is 2.28. The van der Waals surface area contributed by atoms with E-state index in [2.05, 4.69) is 6.58 Å². The Morgan fingerprint density at radius 1 is 1.09 bits per heavy atom. The lowest BCUT2D eigenvalue weighted by atomic mass is 10.1. The number of hydrogen-bond acceptors (Lipinski definition) is 3. The van der Waals surface area contributed by atoms with Gasteiger partial charge < -0.3 is 14.6 Å². The van der Waals surface area contributed by atoms with Gasteiger partial charge in [0, 0.05) is 5.56 Å². The predicted molar refractivity (Wildman–Crippen MR) is 88.2 cm³/mol. The van der Waals surface area contributed by atoms with Gasteiger partial charge in [-0.3, -0.25) is 0 Å².